The number of nitrogens with one attached hydrogen (secondary N) is 1. The molecule has 0 spiro atoms. The monoisotopic (exact) mass is 141 g/mol. The molecule has 6 nitrogen and oxygen atoms in total. The van der Waals surface area contributed by atoms with Gasteiger partial charge in [0.05, 0.1) is 0 Å². The molecule has 2 rings (SSSR count). The summed E-state index contributed by atoms with van der Waals surface area (Å²) < 4.78 is 5.67. The first-order chi connectivity index (χ1) is 4.77. The molecule has 0 fully saturated rings. The average Bonchev–Trinajstić information content (AvgIpc) is 2.35. The molecule has 0 saturated heterocycles. The average molecular weight is 141 g/mol. The number of imidazole rings is 1. The Morgan fingerprint density at radius 3 is 3.30 bits per heavy atom. The Morgan fingerprint density at radius 1 is 1.80 bits per heavy atom. The van der Waals surface area contributed by atoms with E-state index in [-0.39, 0.29) is 11.6 Å². The molecule has 52 valence electrons. The predicted molar refractivity (Wildman–Crippen MR) is 29.7 cm³/mol. The summed E-state index contributed by atoms with van der Waals surface area (Å²) in [7, 11) is 0. The summed E-state index contributed by atoms with van der Waals surface area (Å²) >= 11 is 0. The molecule has 0 aliphatic rings. The van der Waals surface area contributed by atoms with Gasteiger partial charge in [-0.2, -0.15) is 4.98 Å². The van der Waals surface area contributed by atoms with Gasteiger partial charge >= 0.3 is 5.76 Å². The normalized spacial score (nSPS) is 10.8. The summed E-state index contributed by atoms with van der Waals surface area (Å²) in [6.45, 7) is 0. The van der Waals surface area contributed by atoms with Crippen LogP contribution in [0.25, 0.3) is 5.71 Å². The number of rotatable bonds is 0. The zero-order valence-electron chi connectivity index (χ0n) is 4.74. The van der Waals surface area contributed by atoms with Gasteiger partial charge in [-0.05, 0) is 0 Å². The number of hydrogen-bond donors (Lipinski definition) is 2. The number of fused-ring (bicyclic) bond motifs is 1. The molecule has 0 amide bonds. The lowest BCUT2D eigenvalue weighted by Gasteiger charge is -1.73. The minimum Gasteiger partial charge on any atom is -0.489 e. The Balaban J connectivity index is 3.03. The van der Waals surface area contributed by atoms with Crippen LogP contribution in [-0.2, 0) is 0 Å². The quantitative estimate of drug-likeness (QED) is 0.509. The standard InChI is InChI=1S/C4H3N3O3/c8-2-3-7(1-5-2)6-4(9)10-3/h1,8H,(H,6,9). The van der Waals surface area contributed by atoms with Crippen molar-refractivity contribution in [3.63, 3.8) is 0 Å². The van der Waals surface area contributed by atoms with Gasteiger partial charge in [0.2, 0.25) is 0 Å². The molecule has 0 aromatic carbocycles. The number of aromatic hydroxyl groups is 1. The fourth-order valence-electron chi connectivity index (χ4n) is 0.711. The van der Waals surface area contributed by atoms with Crippen LogP contribution in [0.1, 0.15) is 0 Å². The Kier molecular flexibility index (Phi) is 0.717. The molecule has 0 saturated carbocycles. The zero-order chi connectivity index (χ0) is 7.14. The Morgan fingerprint density at radius 2 is 2.60 bits per heavy atom. The van der Waals surface area contributed by atoms with Gasteiger partial charge < -0.3 is 9.52 Å². The first-order valence-corrected chi connectivity index (χ1v) is 2.52. The molecular formula is C4H3N3O3. The van der Waals surface area contributed by atoms with Crippen molar-refractivity contribution < 1.29 is 9.52 Å². The Hall–Kier alpha value is -1.72. The number of nitrogens with zero attached hydrogens (tertiary/aromatic N) is 2. The predicted octanol–water partition coefficient (Wildman–Crippen LogP) is -0.679. The molecule has 2 aromatic heterocycles. The van der Waals surface area contributed by atoms with E-state index in [0.717, 1.165) is 0 Å². The summed E-state index contributed by atoms with van der Waals surface area (Å²) in [5, 5.41) is 11.1. The highest BCUT2D eigenvalue weighted by Gasteiger charge is 2.05. The van der Waals surface area contributed by atoms with E-state index in [4.69, 9.17) is 5.11 Å². The SMILES string of the molecule is O=c1[nH]n2cnc(O)c2o1. The van der Waals surface area contributed by atoms with Crippen LogP contribution in [0.5, 0.6) is 5.88 Å². The Bertz CT molecular complexity index is 408. The van der Waals surface area contributed by atoms with Crippen LogP contribution in [0.4, 0.5) is 0 Å². The van der Waals surface area contributed by atoms with Gasteiger partial charge in [0, 0.05) is 0 Å². The third-order valence-electron chi connectivity index (χ3n) is 1.11. The van der Waals surface area contributed by atoms with E-state index in [9.17, 15) is 4.79 Å². The van der Waals surface area contributed by atoms with Crippen LogP contribution in [0.3, 0.4) is 0 Å². The fourth-order valence-corrected chi connectivity index (χ4v) is 0.711. The van der Waals surface area contributed by atoms with Crippen molar-refractivity contribution in [3.05, 3.63) is 16.9 Å². The van der Waals surface area contributed by atoms with Gasteiger partial charge in [-0.25, -0.2) is 14.4 Å². The maximum atomic E-state index is 10.4. The maximum absolute atomic E-state index is 10.4. The lowest BCUT2D eigenvalue weighted by atomic mass is 10.8. The van der Waals surface area contributed by atoms with Gasteiger partial charge in [-0.15, -0.1) is 0 Å². The van der Waals surface area contributed by atoms with Crippen LogP contribution in [0.15, 0.2) is 15.5 Å². The lowest BCUT2D eigenvalue weighted by molar-refractivity contribution is 0.441. The van der Waals surface area contributed by atoms with Gasteiger partial charge in [0.15, 0.2) is 0 Å². The first kappa shape index (κ1) is 5.10. The highest BCUT2D eigenvalue weighted by Crippen LogP contribution is 2.10. The molecule has 6 heteroatoms. The molecule has 2 N–H and O–H groups in total. The first-order valence-electron chi connectivity index (χ1n) is 2.52. The molecule has 0 radical (unpaired) electrons. The summed E-state index contributed by atoms with van der Waals surface area (Å²) in [4.78, 5) is 13.9. The van der Waals surface area contributed by atoms with Crippen LogP contribution < -0.4 is 5.76 Å². The topological polar surface area (TPSA) is 83.5 Å². The van der Waals surface area contributed by atoms with Crippen molar-refractivity contribution in [2.24, 2.45) is 0 Å². The second-order valence-corrected chi connectivity index (χ2v) is 1.74. The molecule has 0 aliphatic heterocycles. The highest BCUT2D eigenvalue weighted by atomic mass is 16.4. The third-order valence-corrected chi connectivity index (χ3v) is 1.11. The van der Waals surface area contributed by atoms with Crippen LogP contribution >= 0.6 is 0 Å². The van der Waals surface area contributed by atoms with E-state index in [1.165, 1.54) is 10.8 Å². The number of hydrogen-bond acceptors (Lipinski definition) is 4. The molecule has 2 heterocycles. The number of aromatic amines is 1. The van der Waals surface area contributed by atoms with E-state index in [1.54, 1.807) is 0 Å². The van der Waals surface area contributed by atoms with Gasteiger partial charge in [-0.1, -0.05) is 0 Å². The second-order valence-electron chi connectivity index (χ2n) is 1.74. The molecular weight excluding hydrogens is 138 g/mol. The van der Waals surface area contributed by atoms with Crippen molar-refractivity contribution in [2.75, 3.05) is 0 Å². The molecule has 10 heavy (non-hydrogen) atoms. The Labute approximate surface area is 53.7 Å². The molecule has 0 unspecified atom stereocenters. The minimum atomic E-state index is -0.618. The number of H-pyrrole nitrogens is 1. The zero-order valence-corrected chi connectivity index (χ0v) is 4.74. The summed E-state index contributed by atoms with van der Waals surface area (Å²) in [6, 6.07) is 0. The molecule has 2 aromatic rings. The fraction of sp³-hybridized carbons (Fsp3) is 0. The molecule has 0 aliphatic carbocycles. The van der Waals surface area contributed by atoms with Crippen molar-refractivity contribution >= 4 is 5.71 Å². The smallest absolute Gasteiger partial charge is 0.433 e. The van der Waals surface area contributed by atoms with Crippen LogP contribution in [-0.4, -0.2) is 19.7 Å². The van der Waals surface area contributed by atoms with Crippen molar-refractivity contribution in [1.82, 2.24) is 14.6 Å². The van der Waals surface area contributed by atoms with E-state index in [2.05, 4.69) is 14.5 Å². The largest absolute Gasteiger partial charge is 0.489 e. The minimum absolute atomic E-state index is 0.0324. The number of aromatic nitrogens is 3. The van der Waals surface area contributed by atoms with Crippen LogP contribution in [0.2, 0.25) is 0 Å². The second kappa shape index (κ2) is 1.41. The summed E-state index contributed by atoms with van der Waals surface area (Å²) in [5.74, 6) is -0.911. The van der Waals surface area contributed by atoms with Gasteiger partial charge in [-0.3, -0.25) is 0 Å². The molecule has 0 bridgehead atoms. The third kappa shape index (κ3) is 0.471. The van der Waals surface area contributed by atoms with Crippen molar-refractivity contribution in [2.45, 2.75) is 0 Å². The summed E-state index contributed by atoms with van der Waals surface area (Å²) in [6.07, 6.45) is 1.25. The van der Waals surface area contributed by atoms with E-state index >= 15 is 0 Å². The molecule has 0 atom stereocenters. The highest BCUT2D eigenvalue weighted by molar-refractivity contribution is 5.42. The van der Waals surface area contributed by atoms with E-state index < -0.39 is 5.76 Å². The van der Waals surface area contributed by atoms with E-state index in [0.29, 0.717) is 0 Å². The summed E-state index contributed by atoms with van der Waals surface area (Å²) in [5.41, 5.74) is 0.0324. The van der Waals surface area contributed by atoms with E-state index in [1.807, 2.05) is 0 Å². The van der Waals surface area contributed by atoms with Crippen molar-refractivity contribution in [1.29, 1.82) is 0 Å². The van der Waals surface area contributed by atoms with Gasteiger partial charge in [0.25, 0.3) is 11.6 Å². The van der Waals surface area contributed by atoms with Crippen LogP contribution in [0, 0.1) is 0 Å². The lowest BCUT2D eigenvalue weighted by Crippen LogP contribution is -1.97. The maximum Gasteiger partial charge on any atom is 0.433 e. The van der Waals surface area contributed by atoms with Crippen molar-refractivity contribution in [3.8, 4) is 5.88 Å². The van der Waals surface area contributed by atoms with Gasteiger partial charge in [0.1, 0.15) is 6.33 Å².